The number of benzene rings is 1. The van der Waals surface area contributed by atoms with Crippen LogP contribution in [0.2, 0.25) is 0 Å². The molecule has 3 aromatic rings. The highest BCUT2D eigenvalue weighted by Gasteiger charge is 2.25. The van der Waals surface area contributed by atoms with E-state index in [1.807, 2.05) is 30.3 Å². The van der Waals surface area contributed by atoms with Gasteiger partial charge in [0.2, 0.25) is 5.88 Å². The van der Waals surface area contributed by atoms with E-state index in [-0.39, 0.29) is 5.88 Å². The van der Waals surface area contributed by atoms with Crippen molar-refractivity contribution in [1.29, 1.82) is 0 Å². The molecule has 2 aromatic heterocycles. The first-order valence-corrected chi connectivity index (χ1v) is 9.22. The minimum absolute atomic E-state index is 0.174. The first-order valence-electron chi connectivity index (χ1n) is 8.42. The molecular weight excluding hydrogens is 410 g/mol. The zero-order valence-corrected chi connectivity index (χ0v) is 16.8. The summed E-state index contributed by atoms with van der Waals surface area (Å²) in [4.78, 5) is 20.9. The Hall–Kier alpha value is -2.67. The minimum Gasteiger partial charge on any atom is -0.493 e. The molecule has 0 aliphatic rings. The summed E-state index contributed by atoms with van der Waals surface area (Å²) in [6.45, 7) is 5.38. The van der Waals surface area contributed by atoms with E-state index < -0.39 is 17.7 Å². The number of nitrogens with one attached hydrogen (secondary N) is 1. The number of fused-ring (bicyclic) bond motifs is 1. The van der Waals surface area contributed by atoms with Crippen LogP contribution in [0.1, 0.15) is 37.9 Å². The third kappa shape index (κ3) is 4.74. The van der Waals surface area contributed by atoms with Crippen molar-refractivity contribution in [2.45, 2.75) is 32.4 Å². The van der Waals surface area contributed by atoms with Crippen LogP contribution in [0.4, 0.5) is 4.79 Å². The topological polar surface area (TPSA) is 84.3 Å². The molecule has 1 amide bonds. The molecule has 0 radical (unpaired) electrons. The number of aromatic nitrogens is 2. The van der Waals surface area contributed by atoms with Gasteiger partial charge in [0.05, 0.1) is 17.1 Å². The first-order chi connectivity index (χ1) is 12.7. The van der Waals surface area contributed by atoms with Crippen LogP contribution >= 0.6 is 15.9 Å². The number of hydrogen-bond acceptors (Lipinski definition) is 5. The van der Waals surface area contributed by atoms with Crippen molar-refractivity contribution in [1.82, 2.24) is 15.3 Å². The second-order valence-electron chi connectivity index (χ2n) is 7.08. The Morgan fingerprint density at radius 3 is 2.56 bits per heavy atom. The molecule has 2 N–H and O–H groups in total. The second kappa shape index (κ2) is 7.52. The van der Waals surface area contributed by atoms with Crippen molar-refractivity contribution in [2.24, 2.45) is 0 Å². The third-order valence-electron chi connectivity index (χ3n) is 3.75. The van der Waals surface area contributed by atoms with Gasteiger partial charge in [0.25, 0.3) is 0 Å². The molecule has 0 fully saturated rings. The van der Waals surface area contributed by atoms with E-state index in [0.29, 0.717) is 16.6 Å². The molecule has 0 unspecified atom stereocenters. The number of nitrogens with zero attached hydrogens (tertiary/aromatic N) is 2. The highest BCUT2D eigenvalue weighted by Crippen LogP contribution is 2.31. The van der Waals surface area contributed by atoms with Crippen LogP contribution in [0.5, 0.6) is 5.88 Å². The Morgan fingerprint density at radius 1 is 1.19 bits per heavy atom. The van der Waals surface area contributed by atoms with E-state index in [0.717, 1.165) is 10.0 Å². The number of pyridine rings is 2. The van der Waals surface area contributed by atoms with E-state index in [9.17, 15) is 9.90 Å². The number of hydrogen-bond donors (Lipinski definition) is 2. The molecule has 7 heteroatoms. The van der Waals surface area contributed by atoms with Gasteiger partial charge in [0, 0.05) is 16.2 Å². The molecule has 0 saturated heterocycles. The summed E-state index contributed by atoms with van der Waals surface area (Å²) in [5.74, 6) is -0.174. The van der Waals surface area contributed by atoms with Crippen molar-refractivity contribution in [3.8, 4) is 5.88 Å². The number of ether oxygens (including phenoxy) is 1. The van der Waals surface area contributed by atoms with Crippen LogP contribution < -0.4 is 5.32 Å². The summed E-state index contributed by atoms with van der Waals surface area (Å²) in [5, 5.41) is 13.4. The van der Waals surface area contributed by atoms with Crippen molar-refractivity contribution >= 4 is 33.1 Å². The Kier molecular flexibility index (Phi) is 5.32. The van der Waals surface area contributed by atoms with Crippen LogP contribution in [0, 0.1) is 0 Å². The van der Waals surface area contributed by atoms with Gasteiger partial charge in [-0.2, -0.15) is 0 Å². The molecule has 0 bridgehead atoms. The van der Waals surface area contributed by atoms with E-state index in [1.165, 1.54) is 0 Å². The van der Waals surface area contributed by atoms with E-state index in [2.05, 4.69) is 31.2 Å². The molecular formula is C20H20BrN3O3. The quantitative estimate of drug-likeness (QED) is 0.629. The number of amides is 1. The lowest BCUT2D eigenvalue weighted by atomic mass is 9.99. The van der Waals surface area contributed by atoms with Gasteiger partial charge in [0.1, 0.15) is 5.60 Å². The van der Waals surface area contributed by atoms with E-state index >= 15 is 0 Å². The number of rotatable bonds is 3. The molecule has 3 rings (SSSR count). The van der Waals surface area contributed by atoms with Crippen molar-refractivity contribution in [2.75, 3.05) is 0 Å². The Labute approximate surface area is 165 Å². The Bertz CT molecular complexity index is 971. The summed E-state index contributed by atoms with van der Waals surface area (Å²) in [7, 11) is 0. The smallest absolute Gasteiger partial charge is 0.408 e. The lowest BCUT2D eigenvalue weighted by molar-refractivity contribution is 0.0512. The first kappa shape index (κ1) is 19.1. The molecule has 0 saturated carbocycles. The molecule has 140 valence electrons. The van der Waals surface area contributed by atoms with Crippen LogP contribution in [0.3, 0.4) is 0 Å². The van der Waals surface area contributed by atoms with Crippen molar-refractivity contribution in [3.05, 3.63) is 64.3 Å². The summed E-state index contributed by atoms with van der Waals surface area (Å²) in [5.41, 5.74) is 1.75. The molecule has 0 aliphatic carbocycles. The number of carbonyl (C=O) groups is 1. The second-order valence-corrected chi connectivity index (χ2v) is 8.00. The number of carbonyl (C=O) groups excluding carboxylic acids is 1. The predicted molar refractivity (Wildman–Crippen MR) is 107 cm³/mol. The molecule has 1 aromatic carbocycles. The molecule has 6 nitrogen and oxygen atoms in total. The van der Waals surface area contributed by atoms with Crippen LogP contribution in [-0.2, 0) is 4.74 Å². The fourth-order valence-corrected chi connectivity index (χ4v) is 2.97. The summed E-state index contributed by atoms with van der Waals surface area (Å²) >= 11 is 3.34. The van der Waals surface area contributed by atoms with Crippen LogP contribution in [0.15, 0.2) is 53.1 Å². The van der Waals surface area contributed by atoms with Crippen LogP contribution in [0.25, 0.3) is 11.0 Å². The van der Waals surface area contributed by atoms with Crippen molar-refractivity contribution in [3.63, 3.8) is 0 Å². The summed E-state index contributed by atoms with van der Waals surface area (Å²) in [6.07, 6.45) is 1.07. The maximum Gasteiger partial charge on any atom is 0.408 e. The minimum atomic E-state index is -0.636. The van der Waals surface area contributed by atoms with Gasteiger partial charge in [-0.1, -0.05) is 30.3 Å². The molecule has 2 heterocycles. The zero-order valence-electron chi connectivity index (χ0n) is 15.2. The maximum absolute atomic E-state index is 12.4. The van der Waals surface area contributed by atoms with Crippen molar-refractivity contribution < 1.29 is 14.6 Å². The highest BCUT2D eigenvalue weighted by molar-refractivity contribution is 9.10. The van der Waals surface area contributed by atoms with Gasteiger partial charge in [-0.05, 0) is 54.4 Å². The molecule has 0 aliphatic heterocycles. The van der Waals surface area contributed by atoms with Gasteiger partial charge < -0.3 is 15.2 Å². The third-order valence-corrected chi connectivity index (χ3v) is 4.18. The van der Waals surface area contributed by atoms with Crippen LogP contribution in [-0.4, -0.2) is 26.8 Å². The molecule has 27 heavy (non-hydrogen) atoms. The number of halogens is 1. The maximum atomic E-state index is 12.4. The highest BCUT2D eigenvalue weighted by atomic mass is 79.9. The van der Waals surface area contributed by atoms with E-state index in [1.54, 1.807) is 39.1 Å². The van der Waals surface area contributed by atoms with Gasteiger partial charge in [-0.25, -0.2) is 9.78 Å². The fourth-order valence-electron chi connectivity index (χ4n) is 2.65. The summed E-state index contributed by atoms with van der Waals surface area (Å²) in [6, 6.07) is 12.2. The largest absolute Gasteiger partial charge is 0.493 e. The van der Waals surface area contributed by atoms with Gasteiger partial charge in [-0.3, -0.25) is 4.98 Å². The number of aromatic hydroxyl groups is 1. The monoisotopic (exact) mass is 429 g/mol. The van der Waals surface area contributed by atoms with Gasteiger partial charge in [-0.15, -0.1) is 0 Å². The standard InChI is InChI=1S/C20H20BrN3O3/c1-20(2,3)27-19(26)24-17(12-7-5-4-6-8-12)14-10-15-16(23-18(14)25)9-13(21)11-22-15/h4-11,17H,1-3H3,(H,23,25)(H,24,26)/t17-/m1/s1. The molecule has 1 atom stereocenters. The lowest BCUT2D eigenvalue weighted by Crippen LogP contribution is -2.35. The SMILES string of the molecule is CC(C)(C)OC(=O)N[C@H](c1ccccc1)c1cc2ncc(Br)cc2nc1O. The predicted octanol–water partition coefficient (Wildman–Crippen LogP) is 4.71. The average Bonchev–Trinajstić information content (AvgIpc) is 2.58. The average molecular weight is 430 g/mol. The Morgan fingerprint density at radius 2 is 1.89 bits per heavy atom. The van der Waals surface area contributed by atoms with Gasteiger partial charge in [0.15, 0.2) is 0 Å². The molecule has 0 spiro atoms. The lowest BCUT2D eigenvalue weighted by Gasteiger charge is -2.24. The Balaban J connectivity index is 2.05. The van der Waals surface area contributed by atoms with Gasteiger partial charge >= 0.3 is 6.09 Å². The normalized spacial score (nSPS) is 12.6. The number of alkyl carbamates (subject to hydrolysis) is 1. The van der Waals surface area contributed by atoms with E-state index in [4.69, 9.17) is 4.74 Å². The summed E-state index contributed by atoms with van der Waals surface area (Å²) < 4.78 is 6.15. The zero-order chi connectivity index (χ0) is 19.6. The fraction of sp³-hybridized carbons (Fsp3) is 0.250.